The quantitative estimate of drug-likeness (QED) is 0.0195. The molecule has 0 aliphatic heterocycles. The van der Waals surface area contributed by atoms with Gasteiger partial charge < -0.3 is 27.9 Å². The van der Waals surface area contributed by atoms with E-state index in [-0.39, 0.29) is 26.1 Å². The largest absolute Gasteiger partial charge is 0.756 e. The molecule has 472 valence electrons. The molecule has 0 aromatic rings. The Bertz CT molecular complexity index is 2070. The van der Waals surface area contributed by atoms with E-state index in [0.29, 0.717) is 23.9 Å². The highest BCUT2D eigenvalue weighted by molar-refractivity contribution is 7.45. The van der Waals surface area contributed by atoms with E-state index < -0.39 is 32.5 Å². The normalized spacial score (nSPS) is 14.4. The second kappa shape index (κ2) is 62.6. The van der Waals surface area contributed by atoms with E-state index in [1.54, 1.807) is 0 Å². The molecule has 0 rings (SSSR count). The minimum absolute atomic E-state index is 0.0475. The molecule has 0 bridgehead atoms. The number of ether oxygens (including phenoxy) is 2. The molecule has 0 spiro atoms. The van der Waals surface area contributed by atoms with Crippen LogP contribution in [-0.2, 0) is 32.7 Å². The van der Waals surface area contributed by atoms with E-state index in [1.807, 2.05) is 21.1 Å². The van der Waals surface area contributed by atoms with Crippen molar-refractivity contribution in [2.45, 2.75) is 225 Å². The second-order valence-corrected chi connectivity index (χ2v) is 23.4. The summed E-state index contributed by atoms with van der Waals surface area (Å²) in [5.74, 6) is -0.880. The van der Waals surface area contributed by atoms with Gasteiger partial charge >= 0.3 is 11.9 Å². The summed E-state index contributed by atoms with van der Waals surface area (Å²) in [6, 6.07) is 0. The van der Waals surface area contributed by atoms with Crippen LogP contribution in [0.5, 0.6) is 0 Å². The van der Waals surface area contributed by atoms with E-state index >= 15 is 0 Å². The second-order valence-electron chi connectivity index (χ2n) is 22.0. The molecule has 0 radical (unpaired) electrons. The highest BCUT2D eigenvalue weighted by Crippen LogP contribution is 2.38. The first-order valence-electron chi connectivity index (χ1n) is 32.5. The fourth-order valence-electron chi connectivity index (χ4n) is 8.00. The molecule has 0 N–H and O–H groups in total. The van der Waals surface area contributed by atoms with Gasteiger partial charge in [-0.25, -0.2) is 0 Å². The molecule has 0 aromatic heterocycles. The first-order valence-corrected chi connectivity index (χ1v) is 34.0. The van der Waals surface area contributed by atoms with Gasteiger partial charge in [0.15, 0.2) is 6.10 Å². The molecule has 0 fully saturated rings. The number of carbonyl (C=O) groups excluding carboxylic acids is 2. The highest BCUT2D eigenvalue weighted by atomic mass is 31.2. The van der Waals surface area contributed by atoms with Crippen molar-refractivity contribution in [3.8, 4) is 0 Å². The van der Waals surface area contributed by atoms with Crippen molar-refractivity contribution in [3.63, 3.8) is 0 Å². The summed E-state index contributed by atoms with van der Waals surface area (Å²) in [6.07, 6.45) is 96.6. The average molecular weight is 1180 g/mol. The number of likely N-dealkylation sites (N-methyl/N-ethyl adjacent to an activating group) is 1. The maximum absolute atomic E-state index is 12.8. The van der Waals surface area contributed by atoms with E-state index in [4.69, 9.17) is 18.5 Å². The molecule has 0 saturated carbocycles. The van der Waals surface area contributed by atoms with Crippen molar-refractivity contribution in [3.05, 3.63) is 182 Å². The van der Waals surface area contributed by atoms with E-state index in [2.05, 4.69) is 196 Å². The molecule has 0 aromatic carbocycles. The number of hydrogen-bond donors (Lipinski definition) is 0. The number of esters is 2. The summed E-state index contributed by atoms with van der Waals surface area (Å²) >= 11 is 0. The van der Waals surface area contributed by atoms with Crippen LogP contribution in [0.25, 0.3) is 0 Å². The summed E-state index contributed by atoms with van der Waals surface area (Å²) in [6.45, 7) is 3.95. The molecule has 0 heterocycles. The number of quaternary nitrogens is 1. The number of unbranched alkanes of at least 4 members (excludes halogenated alkanes) is 13. The lowest BCUT2D eigenvalue weighted by Gasteiger charge is -2.28. The maximum atomic E-state index is 12.8. The number of allylic oxidation sites excluding steroid dienone is 30. The van der Waals surface area contributed by atoms with Gasteiger partial charge in [0, 0.05) is 12.8 Å². The number of hydrogen-bond acceptors (Lipinski definition) is 8. The molecular weight excluding hydrogens is 1060 g/mol. The first-order chi connectivity index (χ1) is 41.0. The smallest absolute Gasteiger partial charge is 0.306 e. The number of nitrogens with zero attached hydrogens (tertiary/aromatic N) is 1. The number of phosphoric acid groups is 1. The van der Waals surface area contributed by atoms with Crippen molar-refractivity contribution in [1.82, 2.24) is 0 Å². The van der Waals surface area contributed by atoms with Crippen molar-refractivity contribution < 1.29 is 42.1 Å². The number of rotatable bonds is 57. The van der Waals surface area contributed by atoms with Crippen LogP contribution in [0, 0.1) is 0 Å². The lowest BCUT2D eigenvalue weighted by Crippen LogP contribution is -2.37. The zero-order chi connectivity index (χ0) is 61.2. The average Bonchev–Trinajstić information content (AvgIpc) is 3.61. The Morgan fingerprint density at radius 1 is 0.369 bits per heavy atom. The van der Waals surface area contributed by atoms with Crippen LogP contribution in [0.2, 0.25) is 0 Å². The number of carbonyl (C=O) groups is 2. The monoisotopic (exact) mass is 1180 g/mol. The third-order valence-electron chi connectivity index (χ3n) is 12.9. The predicted molar refractivity (Wildman–Crippen MR) is 359 cm³/mol. The SMILES string of the molecule is CC/C=C\C/C=C\C/C=C\C/C=C\C/C=C\C/C=C\C/C=C\C/C=C\C/C=C\CCCCCCCC(=O)OC(COC(=O)CCCCCCCCCC/C=C\C/C=C\C/C=C\C/C=C\C/C=C\C/C=C\CC)COP(=O)([O-])OCC[N+](C)(C)C. The van der Waals surface area contributed by atoms with Crippen molar-refractivity contribution in [2.75, 3.05) is 47.5 Å². The van der Waals surface area contributed by atoms with Gasteiger partial charge in [-0.05, 0) is 135 Å². The Hall–Kier alpha value is -4.89. The third-order valence-corrected chi connectivity index (χ3v) is 13.9. The standard InChI is InChI=1S/C74H118NO8P/c1-6-8-10-12-14-16-18-20-22-24-26-28-30-32-34-35-36-37-38-39-41-43-45-47-49-51-53-55-57-59-61-63-65-67-74(77)83-72(71-82-84(78,79)81-69-68-75(3,4)5)70-80-73(76)66-64-62-60-58-56-54-52-50-48-46-44-42-40-33-31-29-27-25-23-21-19-17-15-13-11-9-7-2/h8-11,14-17,20-23,26-29,32-34,36-37,39-41,44-47,51,53,72H,6-7,12-13,18-19,24-25,30-31,35,38,42-43,48-50,52,54-71H2,1-5H3/b10-8-,11-9-,16-14-,17-15-,22-20-,23-21-,28-26-,29-27-,34-32-,37-36-,40-33-,41-39-,46-44-,47-45-,53-51-. The van der Waals surface area contributed by atoms with Crippen LogP contribution in [0.3, 0.4) is 0 Å². The molecule has 2 unspecified atom stereocenters. The third kappa shape index (κ3) is 66.3. The van der Waals surface area contributed by atoms with Gasteiger partial charge in [0.05, 0.1) is 27.7 Å². The fourth-order valence-corrected chi connectivity index (χ4v) is 8.73. The molecule has 84 heavy (non-hydrogen) atoms. The van der Waals surface area contributed by atoms with E-state index in [1.165, 1.54) is 25.7 Å². The van der Waals surface area contributed by atoms with Crippen LogP contribution in [0.15, 0.2) is 182 Å². The van der Waals surface area contributed by atoms with Gasteiger partial charge in [-0.3, -0.25) is 14.2 Å². The Kier molecular flexibility index (Phi) is 59.0. The Morgan fingerprint density at radius 2 is 0.643 bits per heavy atom. The van der Waals surface area contributed by atoms with Gasteiger partial charge in [-0.1, -0.05) is 254 Å². The molecule has 9 nitrogen and oxygen atoms in total. The zero-order valence-corrected chi connectivity index (χ0v) is 54.4. The molecule has 0 saturated heterocycles. The van der Waals surface area contributed by atoms with Crippen LogP contribution < -0.4 is 4.89 Å². The topological polar surface area (TPSA) is 111 Å². The van der Waals surface area contributed by atoms with Crippen LogP contribution in [-0.4, -0.2) is 70.0 Å². The molecule has 2 atom stereocenters. The zero-order valence-electron chi connectivity index (χ0n) is 53.5. The Labute approximate surface area is 514 Å². The Morgan fingerprint density at radius 3 is 0.952 bits per heavy atom. The van der Waals surface area contributed by atoms with Gasteiger partial charge in [0.2, 0.25) is 0 Å². The van der Waals surface area contributed by atoms with E-state index in [9.17, 15) is 19.0 Å². The van der Waals surface area contributed by atoms with Crippen molar-refractivity contribution >= 4 is 19.8 Å². The number of phosphoric ester groups is 1. The summed E-state index contributed by atoms with van der Waals surface area (Å²) in [4.78, 5) is 38.0. The van der Waals surface area contributed by atoms with Crippen molar-refractivity contribution in [2.24, 2.45) is 0 Å². The summed E-state index contributed by atoms with van der Waals surface area (Å²) < 4.78 is 34.2. The predicted octanol–water partition coefficient (Wildman–Crippen LogP) is 20.5. The minimum Gasteiger partial charge on any atom is -0.756 e. The molecular formula is C74H118NO8P. The summed E-state index contributed by atoms with van der Waals surface area (Å²) in [7, 11) is 1.12. The molecule has 0 aliphatic rings. The molecule has 10 heteroatoms. The minimum atomic E-state index is -4.66. The lowest BCUT2D eigenvalue weighted by atomic mass is 10.1. The van der Waals surface area contributed by atoms with Crippen LogP contribution in [0.1, 0.15) is 219 Å². The van der Waals surface area contributed by atoms with Gasteiger partial charge in [-0.15, -0.1) is 0 Å². The van der Waals surface area contributed by atoms with Crippen molar-refractivity contribution in [1.29, 1.82) is 0 Å². The molecule has 0 amide bonds. The van der Waals surface area contributed by atoms with Gasteiger partial charge in [-0.2, -0.15) is 0 Å². The highest BCUT2D eigenvalue weighted by Gasteiger charge is 2.22. The Balaban J connectivity index is 4.25. The van der Waals surface area contributed by atoms with Crippen LogP contribution in [0.4, 0.5) is 0 Å². The van der Waals surface area contributed by atoms with Gasteiger partial charge in [0.1, 0.15) is 19.8 Å². The molecule has 0 aliphatic carbocycles. The first kappa shape index (κ1) is 79.1. The summed E-state index contributed by atoms with van der Waals surface area (Å²) in [5.41, 5.74) is 0. The van der Waals surface area contributed by atoms with Crippen LogP contribution >= 0.6 is 7.82 Å². The fraction of sp³-hybridized carbons (Fsp3) is 0.568. The van der Waals surface area contributed by atoms with Gasteiger partial charge in [0.25, 0.3) is 7.82 Å². The maximum Gasteiger partial charge on any atom is 0.306 e. The van der Waals surface area contributed by atoms with E-state index in [0.717, 1.165) is 154 Å². The summed E-state index contributed by atoms with van der Waals surface area (Å²) in [5, 5.41) is 0. The lowest BCUT2D eigenvalue weighted by molar-refractivity contribution is -0.870.